The van der Waals surface area contributed by atoms with Crippen LogP contribution < -0.4 is 0 Å². The Kier molecular flexibility index (Phi) is 1.68. The molecular formula is C7H13NS. The van der Waals surface area contributed by atoms with Crippen molar-refractivity contribution in [2.24, 2.45) is 0 Å². The van der Waals surface area contributed by atoms with Gasteiger partial charge in [0.25, 0.3) is 0 Å². The van der Waals surface area contributed by atoms with E-state index in [1.807, 2.05) is 0 Å². The highest BCUT2D eigenvalue weighted by molar-refractivity contribution is 7.99. The van der Waals surface area contributed by atoms with E-state index in [0.717, 1.165) is 6.04 Å². The minimum atomic E-state index is 0.962. The van der Waals surface area contributed by atoms with Gasteiger partial charge in [-0.2, -0.15) is 11.8 Å². The van der Waals surface area contributed by atoms with Crippen molar-refractivity contribution >= 4 is 11.8 Å². The molecular weight excluding hydrogens is 130 g/mol. The van der Waals surface area contributed by atoms with Gasteiger partial charge in [0.15, 0.2) is 0 Å². The van der Waals surface area contributed by atoms with Gasteiger partial charge in [-0.05, 0) is 31.7 Å². The van der Waals surface area contributed by atoms with Crippen molar-refractivity contribution < 1.29 is 0 Å². The number of nitrogens with zero attached hydrogens (tertiary/aromatic N) is 1. The molecule has 1 unspecified atom stereocenters. The van der Waals surface area contributed by atoms with Crippen molar-refractivity contribution in [3.63, 3.8) is 0 Å². The number of rotatable bonds is 1. The lowest BCUT2D eigenvalue weighted by atomic mass is 10.1. The second kappa shape index (κ2) is 2.51. The Hall–Kier alpha value is 0.310. The van der Waals surface area contributed by atoms with Crippen LogP contribution >= 0.6 is 11.8 Å². The first-order valence-corrected chi connectivity index (χ1v) is 4.94. The molecule has 52 valence electrons. The van der Waals surface area contributed by atoms with Gasteiger partial charge in [-0.25, -0.2) is 0 Å². The van der Waals surface area contributed by atoms with Crippen LogP contribution in [0.25, 0.3) is 0 Å². The number of hydrogen-bond acceptors (Lipinski definition) is 2. The molecule has 2 aliphatic heterocycles. The Morgan fingerprint density at radius 1 is 1.33 bits per heavy atom. The summed E-state index contributed by atoms with van der Waals surface area (Å²) in [6, 6.07) is 0.962. The first-order chi connectivity index (χ1) is 4.47. The molecule has 2 fully saturated rings. The van der Waals surface area contributed by atoms with Gasteiger partial charge in [0, 0.05) is 11.8 Å². The van der Waals surface area contributed by atoms with Gasteiger partial charge >= 0.3 is 0 Å². The molecule has 9 heavy (non-hydrogen) atoms. The van der Waals surface area contributed by atoms with Gasteiger partial charge in [-0.1, -0.05) is 0 Å². The fraction of sp³-hybridized carbons (Fsp3) is 1.00. The molecule has 2 heteroatoms. The normalized spacial score (nSPS) is 36.7. The van der Waals surface area contributed by atoms with E-state index in [1.165, 1.54) is 37.4 Å². The largest absolute Gasteiger partial charge is 0.299 e. The molecule has 0 radical (unpaired) electrons. The molecule has 0 saturated carbocycles. The second-order valence-electron chi connectivity index (χ2n) is 2.91. The average Bonchev–Trinajstić information content (AvgIpc) is 2.11. The molecule has 1 atom stereocenters. The summed E-state index contributed by atoms with van der Waals surface area (Å²) in [6.07, 6.45) is 2.89. The zero-order valence-electron chi connectivity index (χ0n) is 5.68. The topological polar surface area (TPSA) is 3.24 Å². The maximum atomic E-state index is 2.62. The average molecular weight is 143 g/mol. The lowest BCUT2D eigenvalue weighted by molar-refractivity contribution is 0.132. The van der Waals surface area contributed by atoms with E-state index in [-0.39, 0.29) is 0 Å². The smallest absolute Gasteiger partial charge is 0.0194 e. The predicted molar refractivity (Wildman–Crippen MR) is 41.9 cm³/mol. The molecule has 0 bridgehead atoms. The third-order valence-corrected chi connectivity index (χ3v) is 3.46. The van der Waals surface area contributed by atoms with Crippen LogP contribution in [0.3, 0.4) is 0 Å². The third-order valence-electron chi connectivity index (χ3n) is 2.31. The van der Waals surface area contributed by atoms with Crippen molar-refractivity contribution in [1.82, 2.24) is 4.90 Å². The quantitative estimate of drug-likeness (QED) is 0.542. The van der Waals surface area contributed by atoms with Crippen molar-refractivity contribution in [3.8, 4) is 0 Å². The Bertz CT molecular complexity index is 95.1. The summed E-state index contributed by atoms with van der Waals surface area (Å²) in [6.45, 7) is 2.76. The maximum absolute atomic E-state index is 2.62. The van der Waals surface area contributed by atoms with Crippen molar-refractivity contribution in [2.75, 3.05) is 24.6 Å². The fourth-order valence-electron chi connectivity index (χ4n) is 1.52. The molecule has 2 saturated heterocycles. The summed E-state index contributed by atoms with van der Waals surface area (Å²) >= 11 is 2.12. The van der Waals surface area contributed by atoms with Crippen molar-refractivity contribution in [3.05, 3.63) is 0 Å². The van der Waals surface area contributed by atoms with Crippen LogP contribution in [0, 0.1) is 0 Å². The van der Waals surface area contributed by atoms with Crippen LogP contribution in [0.15, 0.2) is 0 Å². The highest BCUT2D eigenvalue weighted by Crippen LogP contribution is 2.25. The van der Waals surface area contributed by atoms with E-state index in [1.54, 1.807) is 0 Å². The summed E-state index contributed by atoms with van der Waals surface area (Å²) in [7, 11) is 0. The third kappa shape index (κ3) is 1.10. The van der Waals surface area contributed by atoms with Gasteiger partial charge in [-0.3, -0.25) is 4.90 Å². The Balaban J connectivity index is 1.82. The summed E-state index contributed by atoms with van der Waals surface area (Å²) in [5, 5.41) is 0. The zero-order valence-corrected chi connectivity index (χ0v) is 6.49. The second-order valence-corrected chi connectivity index (χ2v) is 4.06. The molecule has 2 rings (SSSR count). The highest BCUT2D eigenvalue weighted by Gasteiger charge is 2.26. The Morgan fingerprint density at radius 3 is 2.67 bits per heavy atom. The number of likely N-dealkylation sites (tertiary alicyclic amines) is 1. The molecule has 0 amide bonds. The van der Waals surface area contributed by atoms with Crippen molar-refractivity contribution in [2.45, 2.75) is 18.9 Å². The minimum Gasteiger partial charge on any atom is -0.299 e. The molecule has 0 spiro atoms. The van der Waals surface area contributed by atoms with E-state index < -0.39 is 0 Å². The van der Waals surface area contributed by atoms with Crippen LogP contribution in [-0.2, 0) is 0 Å². The van der Waals surface area contributed by atoms with Crippen LogP contribution in [0.5, 0.6) is 0 Å². The molecule has 2 aliphatic rings. The Labute approximate surface area is 60.8 Å². The van der Waals surface area contributed by atoms with Crippen molar-refractivity contribution in [1.29, 1.82) is 0 Å². The summed E-state index contributed by atoms with van der Waals surface area (Å²) in [4.78, 5) is 2.62. The molecule has 0 aromatic heterocycles. The monoisotopic (exact) mass is 143 g/mol. The summed E-state index contributed by atoms with van der Waals surface area (Å²) < 4.78 is 0. The number of thioether (sulfide) groups is 1. The number of hydrogen-bond donors (Lipinski definition) is 0. The molecule has 0 aromatic rings. The Morgan fingerprint density at radius 2 is 2.22 bits per heavy atom. The zero-order chi connectivity index (χ0) is 6.10. The van der Waals surface area contributed by atoms with Gasteiger partial charge in [0.2, 0.25) is 0 Å². The van der Waals surface area contributed by atoms with Crippen LogP contribution in [-0.4, -0.2) is 35.5 Å². The highest BCUT2D eigenvalue weighted by atomic mass is 32.2. The van der Waals surface area contributed by atoms with E-state index in [4.69, 9.17) is 0 Å². The first kappa shape index (κ1) is 6.05. The van der Waals surface area contributed by atoms with Gasteiger partial charge in [0.05, 0.1) is 0 Å². The van der Waals surface area contributed by atoms with E-state index >= 15 is 0 Å². The molecule has 0 aliphatic carbocycles. The fourth-order valence-corrected chi connectivity index (χ4v) is 2.77. The van der Waals surface area contributed by atoms with E-state index in [9.17, 15) is 0 Å². The minimum absolute atomic E-state index is 0.962. The maximum Gasteiger partial charge on any atom is 0.0194 e. The van der Waals surface area contributed by atoms with E-state index in [2.05, 4.69) is 16.7 Å². The molecule has 1 nitrogen and oxygen atoms in total. The van der Waals surface area contributed by atoms with Crippen LogP contribution in [0.1, 0.15) is 12.8 Å². The SMILES string of the molecule is C1CN(C2CCSC2)C1. The summed E-state index contributed by atoms with van der Waals surface area (Å²) in [5.74, 6) is 2.81. The first-order valence-electron chi connectivity index (χ1n) is 3.78. The molecule has 0 aromatic carbocycles. The lowest BCUT2D eigenvalue weighted by Crippen LogP contribution is -2.45. The lowest BCUT2D eigenvalue weighted by Gasteiger charge is -2.35. The van der Waals surface area contributed by atoms with Gasteiger partial charge < -0.3 is 0 Å². The predicted octanol–water partition coefficient (Wildman–Crippen LogP) is 1.20. The van der Waals surface area contributed by atoms with Gasteiger partial charge in [-0.15, -0.1) is 0 Å². The molecule has 2 heterocycles. The van der Waals surface area contributed by atoms with Crippen LogP contribution in [0.2, 0.25) is 0 Å². The van der Waals surface area contributed by atoms with Crippen LogP contribution in [0.4, 0.5) is 0 Å². The van der Waals surface area contributed by atoms with Gasteiger partial charge in [0.1, 0.15) is 0 Å². The van der Waals surface area contributed by atoms with E-state index in [0.29, 0.717) is 0 Å². The summed E-state index contributed by atoms with van der Waals surface area (Å²) in [5.41, 5.74) is 0. The molecule has 0 N–H and O–H groups in total. The standard InChI is InChI=1S/C7H13NS/c1-3-8(4-1)7-2-5-9-6-7/h7H,1-6H2.